The Morgan fingerprint density at radius 3 is 3.08 bits per heavy atom. The van der Waals surface area contributed by atoms with E-state index < -0.39 is 0 Å². The average molecular weight is 224 g/mol. The fourth-order valence-electron chi connectivity index (χ4n) is 1.60. The highest BCUT2D eigenvalue weighted by Crippen LogP contribution is 2.15. The first-order valence-corrected chi connectivity index (χ1v) is 5.27. The number of hydrogen-bond donors (Lipinski definition) is 0. The van der Waals surface area contributed by atoms with Crippen LogP contribution in [0.4, 0.5) is 0 Å². The van der Waals surface area contributed by atoms with Gasteiger partial charge >= 0.3 is 0 Å². The monoisotopic (exact) mass is 223 g/mol. The maximum atomic E-state index is 5.84. The third-order valence-electron chi connectivity index (χ3n) is 2.29. The summed E-state index contributed by atoms with van der Waals surface area (Å²) in [5.41, 5.74) is 1.43. The SMILES string of the molecule is COC1CCCN(C/C(Cl)=C/Cl)C1. The molecule has 1 unspecified atom stereocenters. The normalized spacial score (nSPS) is 26.4. The van der Waals surface area contributed by atoms with Crippen LogP contribution in [0.5, 0.6) is 0 Å². The molecule has 13 heavy (non-hydrogen) atoms. The van der Waals surface area contributed by atoms with Crippen molar-refractivity contribution in [1.29, 1.82) is 0 Å². The van der Waals surface area contributed by atoms with Crippen LogP contribution in [0.3, 0.4) is 0 Å². The zero-order chi connectivity index (χ0) is 9.68. The van der Waals surface area contributed by atoms with Gasteiger partial charge in [-0.2, -0.15) is 0 Å². The van der Waals surface area contributed by atoms with E-state index in [1.807, 2.05) is 0 Å². The molecular weight excluding hydrogens is 209 g/mol. The lowest BCUT2D eigenvalue weighted by Gasteiger charge is -2.31. The van der Waals surface area contributed by atoms with Gasteiger partial charge in [-0.25, -0.2) is 0 Å². The third-order valence-corrected chi connectivity index (χ3v) is 2.89. The van der Waals surface area contributed by atoms with Crippen LogP contribution in [0, 0.1) is 0 Å². The van der Waals surface area contributed by atoms with E-state index in [0.29, 0.717) is 11.1 Å². The van der Waals surface area contributed by atoms with Crippen LogP contribution in [0.15, 0.2) is 10.6 Å². The number of halogens is 2. The molecular formula is C9H15Cl2NO. The Kier molecular flexibility index (Phi) is 5.10. The van der Waals surface area contributed by atoms with Crippen molar-refractivity contribution >= 4 is 23.2 Å². The summed E-state index contributed by atoms with van der Waals surface area (Å²) in [6.07, 6.45) is 2.67. The average Bonchev–Trinajstić information content (AvgIpc) is 2.18. The summed E-state index contributed by atoms with van der Waals surface area (Å²) < 4.78 is 5.30. The van der Waals surface area contributed by atoms with E-state index in [-0.39, 0.29) is 0 Å². The fourth-order valence-corrected chi connectivity index (χ4v) is 1.84. The molecule has 0 spiro atoms. The van der Waals surface area contributed by atoms with Crippen LogP contribution in [0.2, 0.25) is 0 Å². The van der Waals surface area contributed by atoms with E-state index >= 15 is 0 Å². The summed E-state index contributed by atoms with van der Waals surface area (Å²) in [4.78, 5) is 2.26. The molecule has 1 saturated heterocycles. The van der Waals surface area contributed by atoms with Gasteiger partial charge in [0.05, 0.1) is 6.10 Å². The number of hydrogen-bond acceptors (Lipinski definition) is 2. The fraction of sp³-hybridized carbons (Fsp3) is 0.778. The molecule has 0 aromatic rings. The van der Waals surface area contributed by atoms with Gasteiger partial charge in [-0.3, -0.25) is 4.90 Å². The van der Waals surface area contributed by atoms with Crippen LogP contribution in [0.1, 0.15) is 12.8 Å². The Bertz CT molecular complexity index is 184. The lowest BCUT2D eigenvalue weighted by molar-refractivity contribution is 0.0353. The predicted octanol–water partition coefficient (Wildman–Crippen LogP) is 2.42. The van der Waals surface area contributed by atoms with Crippen LogP contribution < -0.4 is 0 Å². The quantitative estimate of drug-likeness (QED) is 0.729. The standard InChI is InChI=1S/C9H15Cl2NO/c1-13-9-3-2-4-12(7-9)6-8(11)5-10/h5,9H,2-4,6-7H2,1H3/b8-5-. The van der Waals surface area contributed by atoms with Crippen molar-refractivity contribution in [1.82, 2.24) is 4.90 Å². The largest absolute Gasteiger partial charge is 0.380 e. The Hall–Kier alpha value is 0.240. The smallest absolute Gasteiger partial charge is 0.0698 e. The molecule has 1 rings (SSSR count). The number of nitrogens with zero attached hydrogens (tertiary/aromatic N) is 1. The second-order valence-corrected chi connectivity index (χ2v) is 3.99. The lowest BCUT2D eigenvalue weighted by atomic mass is 10.1. The zero-order valence-corrected chi connectivity index (χ0v) is 9.31. The third kappa shape index (κ3) is 3.86. The van der Waals surface area contributed by atoms with Gasteiger partial charge in [-0.05, 0) is 19.4 Å². The number of rotatable bonds is 3. The van der Waals surface area contributed by atoms with E-state index in [1.165, 1.54) is 12.0 Å². The molecule has 1 fully saturated rings. The van der Waals surface area contributed by atoms with Crippen molar-refractivity contribution in [3.05, 3.63) is 10.6 Å². The van der Waals surface area contributed by atoms with E-state index in [1.54, 1.807) is 7.11 Å². The van der Waals surface area contributed by atoms with Gasteiger partial charge in [-0.1, -0.05) is 23.2 Å². The maximum Gasteiger partial charge on any atom is 0.0698 e. The molecule has 0 bridgehead atoms. The number of ether oxygens (including phenoxy) is 1. The molecule has 0 N–H and O–H groups in total. The second-order valence-electron chi connectivity index (χ2n) is 3.29. The van der Waals surface area contributed by atoms with Crippen molar-refractivity contribution in [2.45, 2.75) is 18.9 Å². The number of likely N-dealkylation sites (tertiary alicyclic amines) is 1. The first kappa shape index (κ1) is 11.3. The lowest BCUT2D eigenvalue weighted by Crippen LogP contribution is -2.39. The Morgan fingerprint density at radius 1 is 1.69 bits per heavy atom. The van der Waals surface area contributed by atoms with Crippen LogP contribution in [0.25, 0.3) is 0 Å². The highest BCUT2D eigenvalue weighted by Gasteiger charge is 2.19. The molecule has 2 nitrogen and oxygen atoms in total. The minimum absolute atomic E-state index is 0.355. The maximum absolute atomic E-state index is 5.84. The van der Waals surface area contributed by atoms with E-state index in [4.69, 9.17) is 27.9 Å². The number of piperidine rings is 1. The minimum Gasteiger partial charge on any atom is -0.380 e. The Morgan fingerprint density at radius 2 is 2.46 bits per heavy atom. The van der Waals surface area contributed by atoms with Gasteiger partial charge in [0, 0.05) is 30.8 Å². The van der Waals surface area contributed by atoms with Gasteiger partial charge in [0.2, 0.25) is 0 Å². The Labute approximate surface area is 89.4 Å². The highest BCUT2D eigenvalue weighted by molar-refractivity contribution is 6.36. The van der Waals surface area contributed by atoms with Gasteiger partial charge in [-0.15, -0.1) is 0 Å². The summed E-state index contributed by atoms with van der Waals surface area (Å²) in [6, 6.07) is 0. The summed E-state index contributed by atoms with van der Waals surface area (Å²) in [5, 5.41) is 0.693. The van der Waals surface area contributed by atoms with E-state index in [0.717, 1.165) is 26.1 Å². The van der Waals surface area contributed by atoms with Crippen molar-refractivity contribution in [2.75, 3.05) is 26.7 Å². The molecule has 1 atom stereocenters. The first-order chi connectivity index (χ1) is 6.26. The summed E-state index contributed by atoms with van der Waals surface area (Å²) in [6.45, 7) is 2.78. The highest BCUT2D eigenvalue weighted by atomic mass is 35.5. The summed E-state index contributed by atoms with van der Waals surface area (Å²) in [7, 11) is 1.76. The molecule has 0 amide bonds. The van der Waals surface area contributed by atoms with E-state index in [2.05, 4.69) is 4.90 Å². The van der Waals surface area contributed by atoms with Gasteiger partial charge < -0.3 is 4.74 Å². The molecule has 4 heteroatoms. The second kappa shape index (κ2) is 5.86. The molecule has 0 aromatic heterocycles. The molecule has 1 aliphatic rings. The minimum atomic E-state index is 0.355. The van der Waals surface area contributed by atoms with Crippen molar-refractivity contribution in [2.24, 2.45) is 0 Å². The van der Waals surface area contributed by atoms with Crippen molar-refractivity contribution in [3.63, 3.8) is 0 Å². The molecule has 1 heterocycles. The predicted molar refractivity (Wildman–Crippen MR) is 56.3 cm³/mol. The van der Waals surface area contributed by atoms with Gasteiger partial charge in [0.15, 0.2) is 0 Å². The van der Waals surface area contributed by atoms with Crippen LogP contribution >= 0.6 is 23.2 Å². The zero-order valence-electron chi connectivity index (χ0n) is 7.80. The van der Waals surface area contributed by atoms with Crippen molar-refractivity contribution < 1.29 is 4.74 Å². The first-order valence-electron chi connectivity index (χ1n) is 4.46. The molecule has 0 saturated carbocycles. The van der Waals surface area contributed by atoms with Gasteiger partial charge in [0.1, 0.15) is 0 Å². The molecule has 0 aromatic carbocycles. The van der Waals surface area contributed by atoms with Gasteiger partial charge in [0.25, 0.3) is 0 Å². The molecule has 76 valence electrons. The van der Waals surface area contributed by atoms with Crippen molar-refractivity contribution in [3.8, 4) is 0 Å². The summed E-state index contributed by atoms with van der Waals surface area (Å²) >= 11 is 11.3. The topological polar surface area (TPSA) is 12.5 Å². The van der Waals surface area contributed by atoms with Crippen LogP contribution in [-0.4, -0.2) is 37.7 Å². The molecule has 0 radical (unpaired) electrons. The molecule has 0 aliphatic carbocycles. The molecule has 1 aliphatic heterocycles. The summed E-state index contributed by atoms with van der Waals surface area (Å²) in [5.74, 6) is 0. The van der Waals surface area contributed by atoms with E-state index in [9.17, 15) is 0 Å². The number of methoxy groups -OCH3 is 1. The van der Waals surface area contributed by atoms with Crippen LogP contribution in [-0.2, 0) is 4.74 Å². The Balaban J connectivity index is 2.34.